The molecule has 0 unspecified atom stereocenters. The van der Waals surface area contributed by atoms with Gasteiger partial charge in [0.15, 0.2) is 0 Å². The molecule has 1 aromatic heterocycles. The van der Waals surface area contributed by atoms with Crippen molar-refractivity contribution in [2.45, 2.75) is 17.7 Å². The number of piperidine rings is 1. The second-order valence-electron chi connectivity index (χ2n) is 7.26. The number of benzene rings is 2. The number of sulfonamides is 1. The molecule has 168 valence electrons. The Balaban J connectivity index is 1.35. The Hall–Kier alpha value is -3.31. The van der Waals surface area contributed by atoms with Crippen LogP contribution in [0.3, 0.4) is 0 Å². The van der Waals surface area contributed by atoms with E-state index in [0.29, 0.717) is 24.2 Å². The van der Waals surface area contributed by atoms with Gasteiger partial charge >= 0.3 is 6.01 Å². The Morgan fingerprint density at radius 1 is 1.09 bits per heavy atom. The lowest BCUT2D eigenvalue weighted by Gasteiger charge is -2.30. The van der Waals surface area contributed by atoms with Crippen LogP contribution in [0, 0.1) is 11.7 Å². The molecule has 1 N–H and O–H groups in total. The van der Waals surface area contributed by atoms with Crippen LogP contribution in [-0.4, -0.2) is 49.0 Å². The highest BCUT2D eigenvalue weighted by molar-refractivity contribution is 7.89. The first-order valence-electron chi connectivity index (χ1n) is 9.91. The molecule has 1 amide bonds. The van der Waals surface area contributed by atoms with Gasteiger partial charge in [0.2, 0.25) is 21.8 Å². The van der Waals surface area contributed by atoms with Crippen LogP contribution >= 0.6 is 0 Å². The highest BCUT2D eigenvalue weighted by atomic mass is 32.2. The van der Waals surface area contributed by atoms with Crippen LogP contribution in [0.15, 0.2) is 57.8 Å². The van der Waals surface area contributed by atoms with Gasteiger partial charge in [0.05, 0.1) is 12.0 Å². The Morgan fingerprint density at radius 2 is 1.75 bits per heavy atom. The van der Waals surface area contributed by atoms with E-state index in [1.54, 1.807) is 12.1 Å². The smallest absolute Gasteiger partial charge is 0.322 e. The van der Waals surface area contributed by atoms with Crippen molar-refractivity contribution in [2.24, 2.45) is 5.92 Å². The fourth-order valence-electron chi connectivity index (χ4n) is 3.45. The van der Waals surface area contributed by atoms with Gasteiger partial charge in [0.25, 0.3) is 0 Å². The maximum atomic E-state index is 13.0. The molecule has 4 rings (SSSR count). The minimum atomic E-state index is -3.65. The lowest BCUT2D eigenvalue weighted by Crippen LogP contribution is -2.41. The van der Waals surface area contributed by atoms with Crippen LogP contribution in [0.5, 0.6) is 5.75 Å². The average Bonchev–Trinajstić information content (AvgIpc) is 3.28. The van der Waals surface area contributed by atoms with Crippen molar-refractivity contribution >= 4 is 21.9 Å². The number of methoxy groups -OCH3 is 1. The Bertz CT molecular complexity index is 1190. The summed E-state index contributed by atoms with van der Waals surface area (Å²) in [5.74, 6) is -0.370. The molecule has 9 nitrogen and oxygen atoms in total. The predicted molar refractivity (Wildman–Crippen MR) is 113 cm³/mol. The van der Waals surface area contributed by atoms with E-state index in [1.807, 2.05) is 0 Å². The number of rotatable bonds is 6. The molecule has 11 heteroatoms. The standard InChI is InChI=1S/C21H21FN4O5S/c1-30-17-6-8-18(9-7-17)32(28,29)26-12-10-14(11-13-26)19(27)23-21-25-24-20(31-21)15-2-4-16(22)5-3-15/h2-9,14H,10-13H2,1H3,(H,23,25,27). The number of amides is 1. The summed E-state index contributed by atoms with van der Waals surface area (Å²) >= 11 is 0. The highest BCUT2D eigenvalue weighted by Crippen LogP contribution is 2.26. The van der Waals surface area contributed by atoms with E-state index in [-0.39, 0.29) is 41.6 Å². The summed E-state index contributed by atoms with van der Waals surface area (Å²) in [4.78, 5) is 12.8. The molecule has 32 heavy (non-hydrogen) atoms. The number of hydrogen-bond acceptors (Lipinski definition) is 7. The Labute approximate surface area is 184 Å². The van der Waals surface area contributed by atoms with Crippen molar-refractivity contribution in [3.63, 3.8) is 0 Å². The van der Waals surface area contributed by atoms with Crippen LogP contribution in [0.25, 0.3) is 11.5 Å². The average molecular weight is 460 g/mol. The first-order chi connectivity index (χ1) is 15.4. The van der Waals surface area contributed by atoms with E-state index in [0.717, 1.165) is 0 Å². The number of ether oxygens (including phenoxy) is 1. The normalized spacial score (nSPS) is 15.4. The molecule has 0 radical (unpaired) electrons. The van der Waals surface area contributed by atoms with E-state index < -0.39 is 15.9 Å². The minimum absolute atomic E-state index is 0.0670. The van der Waals surface area contributed by atoms with Gasteiger partial charge < -0.3 is 9.15 Å². The fourth-order valence-corrected chi connectivity index (χ4v) is 4.92. The lowest BCUT2D eigenvalue weighted by atomic mass is 9.97. The minimum Gasteiger partial charge on any atom is -0.497 e. The third-order valence-electron chi connectivity index (χ3n) is 5.27. The number of carbonyl (C=O) groups is 1. The third kappa shape index (κ3) is 4.63. The molecule has 0 bridgehead atoms. The van der Waals surface area contributed by atoms with Crippen molar-refractivity contribution < 1.29 is 26.8 Å². The molecular weight excluding hydrogens is 439 g/mol. The zero-order valence-electron chi connectivity index (χ0n) is 17.2. The van der Waals surface area contributed by atoms with Crippen LogP contribution in [0.4, 0.5) is 10.4 Å². The van der Waals surface area contributed by atoms with Crippen molar-refractivity contribution in [3.05, 3.63) is 54.3 Å². The number of carbonyl (C=O) groups excluding carboxylic acids is 1. The number of nitrogens with zero attached hydrogens (tertiary/aromatic N) is 3. The summed E-state index contributed by atoms with van der Waals surface area (Å²) in [5.41, 5.74) is 0.524. The summed E-state index contributed by atoms with van der Waals surface area (Å²) in [5, 5.41) is 10.2. The molecule has 3 aromatic rings. The molecule has 2 heterocycles. The van der Waals surface area contributed by atoms with E-state index in [4.69, 9.17) is 9.15 Å². The topological polar surface area (TPSA) is 115 Å². The molecule has 1 fully saturated rings. The molecule has 1 saturated heterocycles. The first kappa shape index (κ1) is 21.9. The fraction of sp³-hybridized carbons (Fsp3) is 0.286. The summed E-state index contributed by atoms with van der Waals surface area (Å²) in [6.07, 6.45) is 0.723. The molecule has 0 saturated carbocycles. The van der Waals surface area contributed by atoms with Crippen LogP contribution in [-0.2, 0) is 14.8 Å². The SMILES string of the molecule is COc1ccc(S(=O)(=O)N2CCC(C(=O)Nc3nnc(-c4ccc(F)cc4)o3)CC2)cc1. The Kier molecular flexibility index (Phi) is 6.19. The second kappa shape index (κ2) is 9.05. The van der Waals surface area contributed by atoms with Gasteiger partial charge in [-0.15, -0.1) is 5.10 Å². The van der Waals surface area contributed by atoms with E-state index in [9.17, 15) is 17.6 Å². The third-order valence-corrected chi connectivity index (χ3v) is 7.18. The Morgan fingerprint density at radius 3 is 2.38 bits per heavy atom. The molecule has 1 aliphatic heterocycles. The van der Waals surface area contributed by atoms with Crippen molar-refractivity contribution in [2.75, 3.05) is 25.5 Å². The van der Waals surface area contributed by atoms with E-state index >= 15 is 0 Å². The molecule has 2 aromatic carbocycles. The van der Waals surface area contributed by atoms with Crippen LogP contribution in [0.1, 0.15) is 12.8 Å². The van der Waals surface area contributed by atoms with E-state index in [1.165, 1.54) is 47.8 Å². The monoisotopic (exact) mass is 460 g/mol. The zero-order chi connectivity index (χ0) is 22.7. The molecule has 0 aliphatic carbocycles. The molecule has 0 spiro atoms. The maximum absolute atomic E-state index is 13.0. The summed E-state index contributed by atoms with van der Waals surface area (Å²) in [6.45, 7) is 0.439. The van der Waals surface area contributed by atoms with Gasteiger partial charge in [-0.25, -0.2) is 12.8 Å². The molecular formula is C21H21FN4O5S. The molecule has 0 atom stereocenters. The summed E-state index contributed by atoms with van der Waals surface area (Å²) < 4.78 is 50.6. The van der Waals surface area contributed by atoms with E-state index in [2.05, 4.69) is 15.5 Å². The first-order valence-corrected chi connectivity index (χ1v) is 11.4. The van der Waals surface area contributed by atoms with Gasteiger partial charge in [0, 0.05) is 24.6 Å². The predicted octanol–water partition coefficient (Wildman–Crippen LogP) is 2.92. The van der Waals surface area contributed by atoms with Crippen LogP contribution in [0.2, 0.25) is 0 Å². The van der Waals surface area contributed by atoms with Gasteiger partial charge in [-0.2, -0.15) is 4.31 Å². The maximum Gasteiger partial charge on any atom is 0.322 e. The number of halogens is 1. The number of nitrogens with one attached hydrogen (secondary N) is 1. The zero-order valence-corrected chi connectivity index (χ0v) is 18.0. The number of anilines is 1. The number of hydrogen-bond donors (Lipinski definition) is 1. The summed E-state index contributed by atoms with van der Waals surface area (Å²) in [6, 6.07) is 11.7. The van der Waals surface area contributed by atoms with Gasteiger partial charge in [0.1, 0.15) is 11.6 Å². The largest absolute Gasteiger partial charge is 0.497 e. The van der Waals surface area contributed by atoms with Crippen molar-refractivity contribution in [3.8, 4) is 17.2 Å². The number of aromatic nitrogens is 2. The van der Waals surface area contributed by atoms with Gasteiger partial charge in [-0.3, -0.25) is 10.1 Å². The quantitative estimate of drug-likeness (QED) is 0.601. The summed E-state index contributed by atoms with van der Waals surface area (Å²) in [7, 11) is -2.14. The van der Waals surface area contributed by atoms with Gasteiger partial charge in [-0.05, 0) is 61.4 Å². The van der Waals surface area contributed by atoms with Gasteiger partial charge in [-0.1, -0.05) is 5.10 Å². The van der Waals surface area contributed by atoms with Crippen LogP contribution < -0.4 is 10.1 Å². The highest BCUT2D eigenvalue weighted by Gasteiger charge is 2.32. The molecule has 1 aliphatic rings. The second-order valence-corrected chi connectivity index (χ2v) is 9.20. The van der Waals surface area contributed by atoms with Crippen molar-refractivity contribution in [1.82, 2.24) is 14.5 Å². The lowest BCUT2D eigenvalue weighted by molar-refractivity contribution is -0.121. The van der Waals surface area contributed by atoms with Crippen molar-refractivity contribution in [1.29, 1.82) is 0 Å².